The first-order valence-corrected chi connectivity index (χ1v) is 5.23. The Labute approximate surface area is 98.2 Å². The van der Waals surface area contributed by atoms with E-state index in [0.29, 0.717) is 11.3 Å². The Morgan fingerprint density at radius 3 is 2.71 bits per heavy atom. The minimum atomic E-state index is -2.57. The Balaban J connectivity index is 2.87. The molecular formula is C10H16F2N4O. The van der Waals surface area contributed by atoms with E-state index in [1.54, 1.807) is 14.0 Å². The maximum absolute atomic E-state index is 12.3. The van der Waals surface area contributed by atoms with E-state index in [-0.39, 0.29) is 13.1 Å². The SMILES string of the molecule is Cc1nn(C)cc1C(=O)N(CCN)CC(F)F. The molecule has 0 aliphatic carbocycles. The zero-order chi connectivity index (χ0) is 13.0. The van der Waals surface area contributed by atoms with Crippen LogP contribution >= 0.6 is 0 Å². The van der Waals surface area contributed by atoms with Gasteiger partial charge in [-0.1, -0.05) is 0 Å². The number of aryl methyl sites for hydroxylation is 2. The van der Waals surface area contributed by atoms with Gasteiger partial charge < -0.3 is 10.6 Å². The molecule has 1 amide bonds. The summed E-state index contributed by atoms with van der Waals surface area (Å²) in [4.78, 5) is 13.0. The summed E-state index contributed by atoms with van der Waals surface area (Å²) in [5.74, 6) is -0.457. The first-order valence-electron chi connectivity index (χ1n) is 5.23. The normalized spacial score (nSPS) is 10.9. The van der Waals surface area contributed by atoms with Crippen LogP contribution in [0.2, 0.25) is 0 Å². The molecule has 0 atom stereocenters. The lowest BCUT2D eigenvalue weighted by Crippen LogP contribution is -2.38. The average Bonchev–Trinajstić information content (AvgIpc) is 2.55. The minimum absolute atomic E-state index is 0.109. The number of halogens is 2. The zero-order valence-corrected chi connectivity index (χ0v) is 9.86. The van der Waals surface area contributed by atoms with Crippen LogP contribution in [0.5, 0.6) is 0 Å². The van der Waals surface area contributed by atoms with Crippen LogP contribution in [-0.2, 0) is 7.05 Å². The number of hydrogen-bond donors (Lipinski definition) is 1. The van der Waals surface area contributed by atoms with Gasteiger partial charge in [0.05, 0.1) is 17.8 Å². The highest BCUT2D eigenvalue weighted by Crippen LogP contribution is 2.10. The molecule has 5 nitrogen and oxygen atoms in total. The molecule has 0 aromatic carbocycles. The van der Waals surface area contributed by atoms with Crippen molar-refractivity contribution in [3.8, 4) is 0 Å². The molecule has 1 heterocycles. The van der Waals surface area contributed by atoms with Gasteiger partial charge in [-0.15, -0.1) is 0 Å². The Morgan fingerprint density at radius 2 is 2.29 bits per heavy atom. The van der Waals surface area contributed by atoms with Gasteiger partial charge >= 0.3 is 0 Å². The molecule has 7 heteroatoms. The van der Waals surface area contributed by atoms with Crippen LogP contribution in [0.1, 0.15) is 16.1 Å². The van der Waals surface area contributed by atoms with E-state index in [1.807, 2.05) is 0 Å². The maximum atomic E-state index is 12.3. The molecule has 0 aliphatic rings. The van der Waals surface area contributed by atoms with E-state index in [4.69, 9.17) is 5.73 Å². The van der Waals surface area contributed by atoms with Crippen LogP contribution in [0.25, 0.3) is 0 Å². The molecule has 0 saturated carbocycles. The van der Waals surface area contributed by atoms with Gasteiger partial charge in [0.1, 0.15) is 0 Å². The molecule has 96 valence electrons. The van der Waals surface area contributed by atoms with Crippen molar-refractivity contribution in [2.75, 3.05) is 19.6 Å². The van der Waals surface area contributed by atoms with Gasteiger partial charge in [0.2, 0.25) is 0 Å². The lowest BCUT2D eigenvalue weighted by Gasteiger charge is -2.21. The lowest BCUT2D eigenvalue weighted by atomic mass is 10.2. The standard InChI is InChI=1S/C10H16F2N4O/c1-7-8(5-15(2)14-7)10(17)16(4-3-13)6-9(11)12/h5,9H,3-4,6,13H2,1-2H3. The van der Waals surface area contributed by atoms with E-state index in [9.17, 15) is 13.6 Å². The van der Waals surface area contributed by atoms with Gasteiger partial charge in [-0.25, -0.2) is 8.78 Å². The third-order valence-electron chi connectivity index (χ3n) is 2.29. The number of amides is 1. The molecule has 1 aromatic heterocycles. The molecule has 0 radical (unpaired) electrons. The average molecular weight is 246 g/mol. The predicted octanol–water partition coefficient (Wildman–Crippen LogP) is 0.395. The van der Waals surface area contributed by atoms with Crippen LogP contribution in [0.15, 0.2) is 6.20 Å². The number of rotatable bonds is 5. The van der Waals surface area contributed by atoms with E-state index < -0.39 is 18.9 Å². The maximum Gasteiger partial charge on any atom is 0.257 e. The summed E-state index contributed by atoms with van der Waals surface area (Å²) in [5, 5.41) is 4.00. The van der Waals surface area contributed by atoms with Gasteiger partial charge in [0.15, 0.2) is 0 Å². The van der Waals surface area contributed by atoms with Crippen molar-refractivity contribution in [3.05, 3.63) is 17.5 Å². The quantitative estimate of drug-likeness (QED) is 0.817. The van der Waals surface area contributed by atoms with E-state index in [0.717, 1.165) is 4.90 Å². The first kappa shape index (κ1) is 13.6. The molecule has 2 N–H and O–H groups in total. The van der Waals surface area contributed by atoms with Gasteiger partial charge in [-0.2, -0.15) is 5.10 Å². The predicted molar refractivity (Wildman–Crippen MR) is 58.9 cm³/mol. The number of alkyl halides is 2. The minimum Gasteiger partial charge on any atom is -0.332 e. The Kier molecular flexibility index (Phi) is 4.56. The van der Waals surface area contributed by atoms with Crippen molar-refractivity contribution in [1.29, 1.82) is 0 Å². The van der Waals surface area contributed by atoms with Crippen molar-refractivity contribution < 1.29 is 13.6 Å². The first-order chi connectivity index (χ1) is 7.95. The van der Waals surface area contributed by atoms with Gasteiger partial charge in [0, 0.05) is 26.3 Å². The molecule has 1 rings (SSSR count). The van der Waals surface area contributed by atoms with Crippen LogP contribution < -0.4 is 5.73 Å². The summed E-state index contributed by atoms with van der Waals surface area (Å²) in [5.41, 5.74) is 6.16. The molecular weight excluding hydrogens is 230 g/mol. The third-order valence-corrected chi connectivity index (χ3v) is 2.29. The van der Waals surface area contributed by atoms with E-state index in [1.165, 1.54) is 10.9 Å². The number of carbonyl (C=O) groups excluding carboxylic acids is 1. The Hall–Kier alpha value is -1.50. The number of aromatic nitrogens is 2. The van der Waals surface area contributed by atoms with Crippen molar-refractivity contribution in [2.45, 2.75) is 13.3 Å². The molecule has 17 heavy (non-hydrogen) atoms. The van der Waals surface area contributed by atoms with Crippen LogP contribution in [0.3, 0.4) is 0 Å². The summed E-state index contributed by atoms with van der Waals surface area (Å²) in [6, 6.07) is 0. The molecule has 0 aliphatic heterocycles. The molecule has 0 unspecified atom stereocenters. The van der Waals surface area contributed by atoms with Crippen molar-refractivity contribution in [3.63, 3.8) is 0 Å². The second-order valence-corrected chi connectivity index (χ2v) is 3.73. The Bertz CT molecular complexity index is 392. The zero-order valence-electron chi connectivity index (χ0n) is 9.86. The summed E-state index contributed by atoms with van der Waals surface area (Å²) in [6.45, 7) is 1.32. The highest BCUT2D eigenvalue weighted by Gasteiger charge is 2.22. The molecule has 0 fully saturated rings. The van der Waals surface area contributed by atoms with Gasteiger partial charge in [-0.3, -0.25) is 9.48 Å². The summed E-state index contributed by atoms with van der Waals surface area (Å²) in [7, 11) is 1.67. The second kappa shape index (κ2) is 5.72. The molecule has 0 saturated heterocycles. The molecule has 1 aromatic rings. The van der Waals surface area contributed by atoms with Crippen molar-refractivity contribution in [2.24, 2.45) is 12.8 Å². The third kappa shape index (κ3) is 3.48. The van der Waals surface area contributed by atoms with Crippen molar-refractivity contribution >= 4 is 5.91 Å². The fourth-order valence-electron chi connectivity index (χ4n) is 1.58. The monoisotopic (exact) mass is 246 g/mol. The summed E-state index contributed by atoms with van der Waals surface area (Å²) >= 11 is 0. The van der Waals surface area contributed by atoms with Crippen LogP contribution in [0, 0.1) is 6.92 Å². The van der Waals surface area contributed by atoms with E-state index >= 15 is 0 Å². The van der Waals surface area contributed by atoms with Crippen LogP contribution in [-0.4, -0.2) is 46.6 Å². The lowest BCUT2D eigenvalue weighted by molar-refractivity contribution is 0.0562. The second-order valence-electron chi connectivity index (χ2n) is 3.73. The van der Waals surface area contributed by atoms with E-state index in [2.05, 4.69) is 5.10 Å². The van der Waals surface area contributed by atoms with Gasteiger partial charge in [0.25, 0.3) is 12.3 Å². The molecule has 0 spiro atoms. The number of nitrogens with two attached hydrogens (primary N) is 1. The summed E-state index contributed by atoms with van der Waals surface area (Å²) < 4.78 is 26.1. The Morgan fingerprint density at radius 1 is 1.65 bits per heavy atom. The fourth-order valence-corrected chi connectivity index (χ4v) is 1.58. The summed E-state index contributed by atoms with van der Waals surface area (Å²) in [6.07, 6.45) is -1.05. The number of nitrogens with zero attached hydrogens (tertiary/aromatic N) is 3. The fraction of sp³-hybridized carbons (Fsp3) is 0.600. The van der Waals surface area contributed by atoms with Crippen molar-refractivity contribution in [1.82, 2.24) is 14.7 Å². The number of carbonyl (C=O) groups is 1. The molecule has 0 bridgehead atoms. The highest BCUT2D eigenvalue weighted by molar-refractivity contribution is 5.95. The highest BCUT2D eigenvalue weighted by atomic mass is 19.3. The largest absolute Gasteiger partial charge is 0.332 e. The smallest absolute Gasteiger partial charge is 0.257 e. The van der Waals surface area contributed by atoms with Gasteiger partial charge in [-0.05, 0) is 6.92 Å². The topological polar surface area (TPSA) is 64.2 Å². The van der Waals surface area contributed by atoms with Crippen LogP contribution in [0.4, 0.5) is 8.78 Å². The number of hydrogen-bond acceptors (Lipinski definition) is 3.